The van der Waals surface area contributed by atoms with Crippen molar-refractivity contribution in [3.8, 4) is 0 Å². The molecule has 1 fully saturated rings. The summed E-state index contributed by atoms with van der Waals surface area (Å²) < 4.78 is 18.0. The van der Waals surface area contributed by atoms with E-state index in [1.165, 1.54) is 7.11 Å². The van der Waals surface area contributed by atoms with E-state index < -0.39 is 12.1 Å². The highest BCUT2D eigenvalue weighted by Crippen LogP contribution is 2.33. The lowest BCUT2D eigenvalue weighted by Crippen LogP contribution is -2.28. The van der Waals surface area contributed by atoms with Crippen LogP contribution in [0.1, 0.15) is 40.4 Å². The molecule has 1 amide bonds. The number of nitrogens with one attached hydrogen (secondary N) is 2. The fourth-order valence-corrected chi connectivity index (χ4v) is 4.64. The maximum absolute atomic E-state index is 13.1. The lowest BCUT2D eigenvalue weighted by molar-refractivity contribution is -0.124. The Morgan fingerprint density at radius 1 is 1.18 bits per heavy atom. The number of hydrogen-bond acceptors (Lipinski definition) is 8. The number of amides is 1. The number of aliphatic hydroxyl groups is 1. The van der Waals surface area contributed by atoms with Crippen LogP contribution in [0.5, 0.6) is 0 Å². The van der Waals surface area contributed by atoms with Crippen LogP contribution in [0, 0.1) is 0 Å². The minimum Gasteiger partial charge on any atom is -0.464 e. The molecule has 10 nitrogen and oxygen atoms in total. The van der Waals surface area contributed by atoms with Crippen molar-refractivity contribution in [1.29, 1.82) is 0 Å². The van der Waals surface area contributed by atoms with Gasteiger partial charge in [0.2, 0.25) is 0 Å². The highest BCUT2D eigenvalue weighted by Gasteiger charge is 2.30. The molecule has 1 aliphatic heterocycles. The van der Waals surface area contributed by atoms with E-state index in [1.54, 1.807) is 22.9 Å². The molecular weight excluding hydrogens is 488 g/mol. The second-order valence-corrected chi connectivity index (χ2v) is 9.07. The standard InChI is InChI=1S/C28H30N4O6/c1-36-28(35)25-24(31-27(34)23-8-5-13-37-23)22-14-19(29-16-20-9-10-21(17-33)38-20)15-30-26(22)32(25)12-11-18-6-3-2-4-7-18/h2-4,6-7,9-10,14-15,23,29,33H,5,8,11-13,16-17H2,1H3,(H,31,34). The summed E-state index contributed by atoms with van der Waals surface area (Å²) in [7, 11) is 1.32. The van der Waals surface area contributed by atoms with Crippen molar-refractivity contribution < 1.29 is 28.6 Å². The number of carbonyl (C=O) groups is 2. The molecule has 1 unspecified atom stereocenters. The zero-order valence-electron chi connectivity index (χ0n) is 21.1. The second kappa shape index (κ2) is 11.5. The minimum absolute atomic E-state index is 0.173. The molecule has 3 N–H and O–H groups in total. The van der Waals surface area contributed by atoms with Gasteiger partial charge in [-0.3, -0.25) is 4.79 Å². The average molecular weight is 519 g/mol. The van der Waals surface area contributed by atoms with Crippen LogP contribution in [0.2, 0.25) is 0 Å². The number of hydrogen-bond donors (Lipinski definition) is 3. The fourth-order valence-electron chi connectivity index (χ4n) is 4.64. The molecule has 0 saturated carbocycles. The molecule has 5 rings (SSSR count). The number of aliphatic hydroxyl groups excluding tert-OH is 1. The number of ether oxygens (including phenoxy) is 2. The molecule has 1 saturated heterocycles. The number of fused-ring (bicyclic) bond motifs is 1. The van der Waals surface area contributed by atoms with E-state index >= 15 is 0 Å². The van der Waals surface area contributed by atoms with Gasteiger partial charge in [0.25, 0.3) is 5.91 Å². The number of esters is 1. The Hall–Kier alpha value is -4.15. The number of aryl methyl sites for hydroxylation is 2. The number of anilines is 2. The molecule has 1 aliphatic rings. The Morgan fingerprint density at radius 3 is 2.71 bits per heavy atom. The third-order valence-corrected chi connectivity index (χ3v) is 6.55. The van der Waals surface area contributed by atoms with Crippen LogP contribution in [-0.2, 0) is 40.4 Å². The Balaban J connectivity index is 1.52. The first-order valence-corrected chi connectivity index (χ1v) is 12.6. The number of benzene rings is 1. The Labute approximate surface area is 219 Å². The number of carbonyl (C=O) groups excluding carboxylic acids is 2. The third-order valence-electron chi connectivity index (χ3n) is 6.55. The van der Waals surface area contributed by atoms with Crippen molar-refractivity contribution in [2.45, 2.75) is 45.1 Å². The molecular formula is C28H30N4O6. The molecule has 1 atom stereocenters. The molecule has 38 heavy (non-hydrogen) atoms. The molecule has 10 heteroatoms. The Bertz CT molecular complexity index is 1420. The SMILES string of the molecule is COC(=O)c1c(NC(=O)C2CCCO2)c2cc(NCc3ccc(CO)o3)cnc2n1CCc1ccccc1. The van der Waals surface area contributed by atoms with Gasteiger partial charge in [-0.25, -0.2) is 9.78 Å². The zero-order valence-corrected chi connectivity index (χ0v) is 21.1. The van der Waals surface area contributed by atoms with Gasteiger partial charge in [-0.2, -0.15) is 0 Å². The summed E-state index contributed by atoms with van der Waals surface area (Å²) in [4.78, 5) is 30.8. The first kappa shape index (κ1) is 25.5. The number of furan rings is 1. The summed E-state index contributed by atoms with van der Waals surface area (Å²) in [5.74, 6) is 0.255. The number of methoxy groups -OCH3 is 1. The van der Waals surface area contributed by atoms with Gasteiger partial charge in [-0.05, 0) is 43.0 Å². The first-order chi connectivity index (χ1) is 18.6. The van der Waals surface area contributed by atoms with Gasteiger partial charge >= 0.3 is 5.97 Å². The monoisotopic (exact) mass is 518 g/mol. The molecule has 4 aromatic rings. The predicted molar refractivity (Wildman–Crippen MR) is 141 cm³/mol. The van der Waals surface area contributed by atoms with Crippen molar-refractivity contribution in [2.75, 3.05) is 24.4 Å². The summed E-state index contributed by atoms with van der Waals surface area (Å²) in [5.41, 5.74) is 2.90. The summed E-state index contributed by atoms with van der Waals surface area (Å²) >= 11 is 0. The van der Waals surface area contributed by atoms with Gasteiger partial charge in [-0.15, -0.1) is 0 Å². The molecule has 198 valence electrons. The van der Waals surface area contributed by atoms with Crippen LogP contribution in [0.4, 0.5) is 11.4 Å². The van der Waals surface area contributed by atoms with Crippen LogP contribution in [-0.4, -0.2) is 46.4 Å². The summed E-state index contributed by atoms with van der Waals surface area (Å²) in [6.45, 7) is 1.18. The van der Waals surface area contributed by atoms with E-state index in [9.17, 15) is 14.7 Å². The molecule has 0 spiro atoms. The van der Waals surface area contributed by atoms with Crippen LogP contribution in [0.3, 0.4) is 0 Å². The highest BCUT2D eigenvalue weighted by molar-refractivity contribution is 6.12. The van der Waals surface area contributed by atoms with E-state index in [0.29, 0.717) is 66.5 Å². The van der Waals surface area contributed by atoms with Gasteiger partial charge in [0.05, 0.1) is 31.2 Å². The van der Waals surface area contributed by atoms with Gasteiger partial charge in [0.1, 0.15) is 29.9 Å². The number of pyridine rings is 1. The fraction of sp³-hybridized carbons (Fsp3) is 0.321. The summed E-state index contributed by atoms with van der Waals surface area (Å²) in [6.07, 6.45) is 3.18. The Morgan fingerprint density at radius 2 is 2.00 bits per heavy atom. The number of rotatable bonds is 10. The van der Waals surface area contributed by atoms with Crippen molar-refractivity contribution in [3.63, 3.8) is 0 Å². The second-order valence-electron chi connectivity index (χ2n) is 9.07. The lowest BCUT2D eigenvalue weighted by atomic mass is 10.1. The average Bonchev–Trinajstić information content (AvgIpc) is 3.71. The van der Waals surface area contributed by atoms with Crippen LogP contribution in [0.25, 0.3) is 11.0 Å². The van der Waals surface area contributed by atoms with Crippen LogP contribution in [0.15, 0.2) is 59.1 Å². The molecule has 0 aliphatic carbocycles. The zero-order chi connectivity index (χ0) is 26.5. The van der Waals surface area contributed by atoms with Crippen LogP contribution < -0.4 is 10.6 Å². The third kappa shape index (κ3) is 5.41. The van der Waals surface area contributed by atoms with Gasteiger partial charge in [0.15, 0.2) is 5.69 Å². The van der Waals surface area contributed by atoms with E-state index in [0.717, 1.165) is 12.0 Å². The Kier molecular flexibility index (Phi) is 7.71. The summed E-state index contributed by atoms with van der Waals surface area (Å²) in [6, 6.07) is 15.3. The van der Waals surface area contributed by atoms with Gasteiger partial charge in [0, 0.05) is 18.5 Å². The topological polar surface area (TPSA) is 128 Å². The quantitative estimate of drug-likeness (QED) is 0.270. The number of aromatic nitrogens is 2. The van der Waals surface area contributed by atoms with Crippen molar-refractivity contribution in [3.05, 3.63) is 77.5 Å². The molecule has 4 heterocycles. The summed E-state index contributed by atoms with van der Waals surface area (Å²) in [5, 5.41) is 16.0. The van der Waals surface area contributed by atoms with Crippen molar-refractivity contribution in [2.24, 2.45) is 0 Å². The maximum atomic E-state index is 13.1. The minimum atomic E-state index is -0.572. The van der Waals surface area contributed by atoms with Gasteiger partial charge < -0.3 is 34.2 Å². The lowest BCUT2D eigenvalue weighted by Gasteiger charge is -2.13. The predicted octanol–water partition coefficient (Wildman–Crippen LogP) is 3.88. The molecule has 0 bridgehead atoms. The molecule has 3 aromatic heterocycles. The van der Waals surface area contributed by atoms with E-state index in [1.807, 2.05) is 36.4 Å². The molecule has 1 aromatic carbocycles. The molecule has 0 radical (unpaired) electrons. The van der Waals surface area contributed by atoms with E-state index in [-0.39, 0.29) is 18.2 Å². The van der Waals surface area contributed by atoms with Crippen LogP contribution >= 0.6 is 0 Å². The largest absolute Gasteiger partial charge is 0.464 e. The normalized spacial score (nSPS) is 15.1. The van der Waals surface area contributed by atoms with Crippen molar-refractivity contribution in [1.82, 2.24) is 9.55 Å². The smallest absolute Gasteiger partial charge is 0.356 e. The van der Waals surface area contributed by atoms with Crippen molar-refractivity contribution >= 4 is 34.3 Å². The first-order valence-electron chi connectivity index (χ1n) is 12.6. The van der Waals surface area contributed by atoms with Gasteiger partial charge in [-0.1, -0.05) is 30.3 Å². The number of nitrogens with zero attached hydrogens (tertiary/aromatic N) is 2. The highest BCUT2D eigenvalue weighted by atomic mass is 16.5. The van der Waals surface area contributed by atoms with E-state index in [4.69, 9.17) is 13.9 Å². The van der Waals surface area contributed by atoms with E-state index in [2.05, 4.69) is 15.6 Å². The maximum Gasteiger partial charge on any atom is 0.356 e.